The van der Waals surface area contributed by atoms with E-state index in [0.717, 1.165) is 0 Å². The molecule has 0 aliphatic carbocycles. The number of hydrogen-bond acceptors (Lipinski definition) is 3. The van der Waals surface area contributed by atoms with Crippen molar-refractivity contribution in [2.75, 3.05) is 5.75 Å². The summed E-state index contributed by atoms with van der Waals surface area (Å²) in [5.41, 5.74) is 0.446. The van der Waals surface area contributed by atoms with Crippen LogP contribution >= 0.6 is 11.6 Å². The molecule has 2 rings (SSSR count). The second-order valence-corrected chi connectivity index (χ2v) is 5.66. The molecule has 0 spiro atoms. The molecule has 1 aromatic heterocycles. The molecule has 0 saturated carbocycles. The number of fused-ring (bicyclic) bond motifs is 1. The van der Waals surface area contributed by atoms with Crippen LogP contribution in [-0.2, 0) is 11.2 Å². The molecule has 0 bridgehead atoms. The van der Waals surface area contributed by atoms with Crippen LogP contribution in [0.1, 0.15) is 17.3 Å². The first-order valence-corrected chi connectivity index (χ1v) is 6.94. The maximum absolute atomic E-state index is 12.0. The van der Waals surface area contributed by atoms with E-state index in [1.807, 2.05) is 0 Å². The highest BCUT2D eigenvalue weighted by Crippen LogP contribution is 2.32. The molecule has 1 aromatic carbocycles. The zero-order chi connectivity index (χ0) is 13.3. The molecule has 6 heteroatoms. The lowest BCUT2D eigenvalue weighted by atomic mass is 10.1. The number of halogens is 1. The second kappa shape index (κ2) is 5.14. The number of pyridine rings is 1. The summed E-state index contributed by atoms with van der Waals surface area (Å²) in [5, 5.41) is 9.96. The lowest BCUT2D eigenvalue weighted by Crippen LogP contribution is -2.12. The second-order valence-electron chi connectivity index (χ2n) is 3.57. The van der Waals surface area contributed by atoms with Gasteiger partial charge in [-0.1, -0.05) is 11.6 Å². The Labute approximate surface area is 112 Å². The van der Waals surface area contributed by atoms with Gasteiger partial charge in [-0.25, -0.2) is 4.79 Å². The molecule has 4 nitrogen and oxygen atoms in total. The van der Waals surface area contributed by atoms with E-state index in [1.165, 1.54) is 6.07 Å². The van der Waals surface area contributed by atoms with Gasteiger partial charge in [0.1, 0.15) is 11.3 Å². The number of rotatable bonds is 3. The predicted octanol–water partition coefficient (Wildman–Crippen LogP) is 2.71. The third-order valence-electron chi connectivity index (χ3n) is 2.51. The minimum absolute atomic E-state index is 0.0271. The molecule has 1 unspecified atom stereocenters. The van der Waals surface area contributed by atoms with E-state index in [0.29, 0.717) is 16.7 Å². The highest BCUT2D eigenvalue weighted by atomic mass is 35.5. The molecule has 0 amide bonds. The first-order valence-electron chi connectivity index (χ1n) is 5.25. The Kier molecular flexibility index (Phi) is 3.75. The van der Waals surface area contributed by atoms with Gasteiger partial charge < -0.3 is 9.66 Å². The van der Waals surface area contributed by atoms with Gasteiger partial charge in [-0.3, -0.25) is 4.98 Å². The van der Waals surface area contributed by atoms with Gasteiger partial charge in [0.05, 0.1) is 15.9 Å². The van der Waals surface area contributed by atoms with Crippen molar-refractivity contribution >= 4 is 39.6 Å². The first-order chi connectivity index (χ1) is 8.56. The zero-order valence-corrected chi connectivity index (χ0v) is 11.1. The normalized spacial score (nSPS) is 12.6. The third-order valence-corrected chi connectivity index (χ3v) is 4.22. The molecule has 1 heterocycles. The zero-order valence-electron chi connectivity index (χ0n) is 9.51. The monoisotopic (exact) mass is 283 g/mol. The van der Waals surface area contributed by atoms with Gasteiger partial charge in [-0.15, -0.1) is 0 Å². The first kappa shape index (κ1) is 13.1. The Bertz CT molecular complexity index is 618. The topological polar surface area (TPSA) is 73.2 Å². The third kappa shape index (κ3) is 2.16. The summed E-state index contributed by atoms with van der Waals surface area (Å²) < 4.78 is 12.0. The summed E-state index contributed by atoms with van der Waals surface area (Å²) in [4.78, 5) is 15.6. The Morgan fingerprint density at radius 2 is 2.33 bits per heavy atom. The number of carboxylic acids is 1. The number of aromatic carboxylic acids is 1. The molecule has 1 N–H and O–H groups in total. The van der Waals surface area contributed by atoms with Crippen LogP contribution in [0.3, 0.4) is 0 Å². The summed E-state index contributed by atoms with van der Waals surface area (Å²) in [7, 11) is 0. The molecule has 94 valence electrons. The average Bonchev–Trinajstić information content (AvgIpc) is 2.37. The highest BCUT2D eigenvalue weighted by molar-refractivity contribution is 7.91. The molecular formula is C12H10ClNO3S. The van der Waals surface area contributed by atoms with Crippen LogP contribution in [0, 0.1) is 0 Å². The largest absolute Gasteiger partial charge is 0.611 e. The Morgan fingerprint density at radius 3 is 2.94 bits per heavy atom. The van der Waals surface area contributed by atoms with Crippen LogP contribution in [0.15, 0.2) is 29.3 Å². The van der Waals surface area contributed by atoms with Gasteiger partial charge in [0.2, 0.25) is 0 Å². The van der Waals surface area contributed by atoms with Crippen molar-refractivity contribution in [1.82, 2.24) is 4.98 Å². The van der Waals surface area contributed by atoms with Crippen LogP contribution in [0.5, 0.6) is 0 Å². The Hall–Kier alpha value is -1.30. The molecule has 0 fully saturated rings. The van der Waals surface area contributed by atoms with E-state index in [-0.39, 0.29) is 15.5 Å². The molecule has 1 atom stereocenters. The van der Waals surface area contributed by atoms with E-state index >= 15 is 0 Å². The maximum Gasteiger partial charge on any atom is 0.340 e. The minimum atomic E-state index is -1.38. The molecule has 18 heavy (non-hydrogen) atoms. The van der Waals surface area contributed by atoms with E-state index in [4.69, 9.17) is 11.6 Å². The van der Waals surface area contributed by atoms with Crippen LogP contribution < -0.4 is 0 Å². The number of aromatic nitrogens is 1. The van der Waals surface area contributed by atoms with E-state index in [9.17, 15) is 14.5 Å². The molecule has 2 aromatic rings. The van der Waals surface area contributed by atoms with Crippen LogP contribution in [0.2, 0.25) is 5.02 Å². The number of benzene rings is 1. The van der Waals surface area contributed by atoms with Crippen molar-refractivity contribution in [3.05, 3.63) is 35.0 Å². The van der Waals surface area contributed by atoms with Gasteiger partial charge in [-0.05, 0) is 36.3 Å². The fraction of sp³-hybridized carbons (Fsp3) is 0.167. The summed E-state index contributed by atoms with van der Waals surface area (Å²) in [6, 6.07) is 4.66. The van der Waals surface area contributed by atoms with Gasteiger partial charge in [-0.2, -0.15) is 0 Å². The standard InChI is InChI=1S/C12H10ClNO3S/c1-2-18(17)11-7-4-3-5-14-10(7)9(13)6-8(11)12(15)16/h3-6H,2H2,1H3,(H,15,16). The summed E-state index contributed by atoms with van der Waals surface area (Å²) in [6.45, 7) is 1.73. The Balaban J connectivity index is 2.88. The van der Waals surface area contributed by atoms with Crippen molar-refractivity contribution in [1.29, 1.82) is 0 Å². The summed E-state index contributed by atoms with van der Waals surface area (Å²) in [6.07, 6.45) is 1.56. The van der Waals surface area contributed by atoms with Crippen LogP contribution in [0.25, 0.3) is 10.9 Å². The lowest BCUT2D eigenvalue weighted by molar-refractivity contribution is 0.0693. The van der Waals surface area contributed by atoms with Crippen LogP contribution in [-0.4, -0.2) is 26.4 Å². The minimum Gasteiger partial charge on any atom is -0.611 e. The summed E-state index contributed by atoms with van der Waals surface area (Å²) in [5.74, 6) is -0.800. The van der Waals surface area contributed by atoms with Crippen molar-refractivity contribution < 1.29 is 14.5 Å². The van der Waals surface area contributed by atoms with Crippen molar-refractivity contribution in [2.24, 2.45) is 0 Å². The highest BCUT2D eigenvalue weighted by Gasteiger charge is 2.25. The fourth-order valence-electron chi connectivity index (χ4n) is 1.73. The van der Waals surface area contributed by atoms with Gasteiger partial charge in [0.25, 0.3) is 0 Å². The summed E-state index contributed by atoms with van der Waals surface area (Å²) >= 11 is 4.62. The van der Waals surface area contributed by atoms with Crippen LogP contribution in [0.4, 0.5) is 0 Å². The quantitative estimate of drug-likeness (QED) is 0.879. The van der Waals surface area contributed by atoms with Gasteiger partial charge >= 0.3 is 5.97 Å². The number of nitrogens with zero attached hydrogens (tertiary/aromatic N) is 1. The van der Waals surface area contributed by atoms with Gasteiger partial charge in [0.15, 0.2) is 4.90 Å². The molecule has 0 saturated heterocycles. The van der Waals surface area contributed by atoms with Gasteiger partial charge in [0, 0.05) is 6.20 Å². The van der Waals surface area contributed by atoms with Crippen molar-refractivity contribution in [3.63, 3.8) is 0 Å². The predicted molar refractivity (Wildman–Crippen MR) is 70.7 cm³/mol. The fourth-order valence-corrected chi connectivity index (χ4v) is 3.08. The van der Waals surface area contributed by atoms with E-state index in [2.05, 4.69) is 4.98 Å². The molecule has 0 aliphatic heterocycles. The smallest absolute Gasteiger partial charge is 0.340 e. The molecule has 0 aliphatic rings. The number of hydrogen-bond donors (Lipinski definition) is 1. The average molecular weight is 284 g/mol. The molecular weight excluding hydrogens is 274 g/mol. The SMILES string of the molecule is CC[S+]([O-])c1c(C(=O)O)cc(Cl)c2ncccc12. The lowest BCUT2D eigenvalue weighted by Gasteiger charge is -2.13. The van der Waals surface area contributed by atoms with Crippen molar-refractivity contribution in [2.45, 2.75) is 11.8 Å². The van der Waals surface area contributed by atoms with E-state index < -0.39 is 17.1 Å². The van der Waals surface area contributed by atoms with Crippen molar-refractivity contribution in [3.8, 4) is 0 Å². The van der Waals surface area contributed by atoms with E-state index in [1.54, 1.807) is 25.3 Å². The number of carboxylic acid groups (broad SMARTS) is 1. The Morgan fingerprint density at radius 1 is 1.61 bits per heavy atom. The molecule has 0 radical (unpaired) electrons. The maximum atomic E-state index is 12.0. The number of carbonyl (C=O) groups is 1.